The third-order valence-corrected chi connectivity index (χ3v) is 1.62. The van der Waals surface area contributed by atoms with Crippen LogP contribution in [-0.4, -0.2) is 41.3 Å². The van der Waals surface area contributed by atoms with E-state index in [1.54, 1.807) is 0 Å². The quantitative estimate of drug-likeness (QED) is 0.300. The SMILES string of the molecule is N[C@@H]1[C@@H](O)[C@H](N)CO[C@@H]1O. The summed E-state index contributed by atoms with van der Waals surface area (Å²) >= 11 is 0. The molecular weight excluding hydrogens is 136 g/mol. The van der Waals surface area contributed by atoms with Gasteiger partial charge in [-0.05, 0) is 0 Å². The second kappa shape index (κ2) is 2.81. The molecule has 5 nitrogen and oxygen atoms in total. The molecular formula is C5H12N2O3. The molecule has 0 bridgehead atoms. The second-order valence-corrected chi connectivity index (χ2v) is 2.46. The van der Waals surface area contributed by atoms with Crippen molar-refractivity contribution in [3.63, 3.8) is 0 Å². The fourth-order valence-electron chi connectivity index (χ4n) is 0.874. The average molecular weight is 148 g/mol. The molecule has 0 aliphatic carbocycles. The van der Waals surface area contributed by atoms with Gasteiger partial charge in [0.1, 0.15) is 0 Å². The van der Waals surface area contributed by atoms with E-state index in [1.165, 1.54) is 0 Å². The summed E-state index contributed by atoms with van der Waals surface area (Å²) in [5.41, 5.74) is 10.7. The third kappa shape index (κ3) is 1.28. The topological polar surface area (TPSA) is 102 Å². The van der Waals surface area contributed by atoms with Crippen LogP contribution in [0.1, 0.15) is 0 Å². The van der Waals surface area contributed by atoms with E-state index < -0.39 is 24.5 Å². The van der Waals surface area contributed by atoms with Gasteiger partial charge in [0, 0.05) is 0 Å². The predicted molar refractivity (Wildman–Crippen MR) is 33.9 cm³/mol. The molecule has 0 spiro atoms. The van der Waals surface area contributed by atoms with Crippen LogP contribution in [0.4, 0.5) is 0 Å². The summed E-state index contributed by atoms with van der Waals surface area (Å²) in [4.78, 5) is 0. The molecule has 1 heterocycles. The summed E-state index contributed by atoms with van der Waals surface area (Å²) in [6.07, 6.45) is -1.96. The summed E-state index contributed by atoms with van der Waals surface area (Å²) in [6, 6.07) is -1.28. The Hall–Kier alpha value is -0.200. The standard InChI is InChI=1S/C5H12N2O3/c6-2-1-10-5(9)3(7)4(2)8/h2-5,8-9H,1,6-7H2/t2-,3-,4+,5+/m1/s1. The van der Waals surface area contributed by atoms with Crippen molar-refractivity contribution in [1.29, 1.82) is 0 Å². The van der Waals surface area contributed by atoms with Gasteiger partial charge in [-0.3, -0.25) is 0 Å². The molecule has 60 valence electrons. The van der Waals surface area contributed by atoms with Crippen molar-refractivity contribution < 1.29 is 14.9 Å². The number of hydrogen-bond acceptors (Lipinski definition) is 5. The normalized spacial score (nSPS) is 49.2. The maximum atomic E-state index is 9.13. The van der Waals surface area contributed by atoms with Crippen LogP contribution >= 0.6 is 0 Å². The van der Waals surface area contributed by atoms with Crippen molar-refractivity contribution in [3.8, 4) is 0 Å². The van der Waals surface area contributed by atoms with Crippen LogP contribution < -0.4 is 11.5 Å². The molecule has 1 aliphatic heterocycles. The predicted octanol–water partition coefficient (Wildman–Crippen LogP) is -2.65. The van der Waals surface area contributed by atoms with Crippen molar-refractivity contribution in [1.82, 2.24) is 0 Å². The van der Waals surface area contributed by atoms with Crippen molar-refractivity contribution in [3.05, 3.63) is 0 Å². The van der Waals surface area contributed by atoms with E-state index in [0.29, 0.717) is 0 Å². The molecule has 0 aromatic heterocycles. The van der Waals surface area contributed by atoms with Crippen molar-refractivity contribution >= 4 is 0 Å². The van der Waals surface area contributed by atoms with Gasteiger partial charge in [-0.2, -0.15) is 0 Å². The van der Waals surface area contributed by atoms with E-state index in [4.69, 9.17) is 26.4 Å². The van der Waals surface area contributed by atoms with Crippen LogP contribution in [0.15, 0.2) is 0 Å². The summed E-state index contributed by atoms with van der Waals surface area (Å²) < 4.78 is 4.72. The molecule has 1 aliphatic rings. The Kier molecular flexibility index (Phi) is 2.22. The number of hydrogen-bond donors (Lipinski definition) is 4. The van der Waals surface area contributed by atoms with Gasteiger partial charge in [0.05, 0.1) is 24.8 Å². The average Bonchev–Trinajstić information content (AvgIpc) is 1.93. The highest BCUT2D eigenvalue weighted by Crippen LogP contribution is 2.09. The Bertz CT molecular complexity index is 107. The molecule has 1 fully saturated rings. The number of ether oxygens (including phenoxy) is 1. The lowest BCUT2D eigenvalue weighted by atomic mass is 10.0. The lowest BCUT2D eigenvalue weighted by Gasteiger charge is -2.33. The zero-order valence-electron chi connectivity index (χ0n) is 5.47. The van der Waals surface area contributed by atoms with Gasteiger partial charge in [-0.15, -0.1) is 0 Å². The Morgan fingerprint density at radius 3 is 2.40 bits per heavy atom. The van der Waals surface area contributed by atoms with Crippen LogP contribution in [0, 0.1) is 0 Å². The first kappa shape index (κ1) is 7.90. The molecule has 4 atom stereocenters. The molecule has 0 saturated carbocycles. The van der Waals surface area contributed by atoms with Crippen molar-refractivity contribution in [2.75, 3.05) is 6.61 Å². The van der Waals surface area contributed by atoms with E-state index in [2.05, 4.69) is 0 Å². The fourth-order valence-corrected chi connectivity index (χ4v) is 0.874. The van der Waals surface area contributed by atoms with Crippen molar-refractivity contribution in [2.45, 2.75) is 24.5 Å². The molecule has 0 radical (unpaired) electrons. The Morgan fingerprint density at radius 1 is 1.30 bits per heavy atom. The number of aliphatic hydroxyl groups excluding tert-OH is 2. The van der Waals surface area contributed by atoms with E-state index >= 15 is 0 Å². The Labute approximate surface area is 58.6 Å². The molecule has 6 N–H and O–H groups in total. The number of rotatable bonds is 0. The second-order valence-electron chi connectivity index (χ2n) is 2.46. The minimum Gasteiger partial charge on any atom is -0.390 e. The van der Waals surface area contributed by atoms with Crippen LogP contribution in [0.2, 0.25) is 0 Å². The highest BCUT2D eigenvalue weighted by molar-refractivity contribution is 4.87. The lowest BCUT2D eigenvalue weighted by molar-refractivity contribution is -0.172. The van der Waals surface area contributed by atoms with E-state index in [0.717, 1.165) is 0 Å². The van der Waals surface area contributed by atoms with Gasteiger partial charge in [0.25, 0.3) is 0 Å². The fraction of sp³-hybridized carbons (Fsp3) is 1.00. The van der Waals surface area contributed by atoms with Crippen molar-refractivity contribution in [2.24, 2.45) is 11.5 Å². The summed E-state index contributed by atoms with van der Waals surface area (Å²) in [5, 5.41) is 18.0. The van der Waals surface area contributed by atoms with Crippen LogP contribution in [0.25, 0.3) is 0 Å². The molecule has 0 unspecified atom stereocenters. The van der Waals surface area contributed by atoms with E-state index in [1.807, 2.05) is 0 Å². The maximum absolute atomic E-state index is 9.13. The minimum absolute atomic E-state index is 0.149. The maximum Gasteiger partial charge on any atom is 0.172 e. The summed E-state index contributed by atoms with van der Waals surface area (Å²) in [7, 11) is 0. The molecule has 1 rings (SSSR count). The van der Waals surface area contributed by atoms with Gasteiger partial charge in [0.15, 0.2) is 6.29 Å². The first-order valence-electron chi connectivity index (χ1n) is 3.12. The third-order valence-electron chi connectivity index (χ3n) is 1.62. The van der Waals surface area contributed by atoms with Gasteiger partial charge in [0.2, 0.25) is 0 Å². The largest absolute Gasteiger partial charge is 0.390 e. The summed E-state index contributed by atoms with van der Waals surface area (Å²) in [5.74, 6) is 0. The van der Waals surface area contributed by atoms with Gasteiger partial charge >= 0.3 is 0 Å². The smallest absolute Gasteiger partial charge is 0.172 e. The molecule has 10 heavy (non-hydrogen) atoms. The first-order valence-corrected chi connectivity index (χ1v) is 3.12. The van der Waals surface area contributed by atoms with Crippen LogP contribution in [0.3, 0.4) is 0 Å². The first-order chi connectivity index (χ1) is 4.63. The lowest BCUT2D eigenvalue weighted by Crippen LogP contribution is -2.60. The molecule has 5 heteroatoms. The van der Waals surface area contributed by atoms with Gasteiger partial charge in [-0.1, -0.05) is 0 Å². The molecule has 0 aromatic carbocycles. The van der Waals surface area contributed by atoms with Crippen LogP contribution in [0.5, 0.6) is 0 Å². The highest BCUT2D eigenvalue weighted by atomic mass is 16.6. The molecule has 0 aromatic rings. The number of aliphatic hydroxyl groups is 2. The minimum atomic E-state index is -1.09. The highest BCUT2D eigenvalue weighted by Gasteiger charge is 2.33. The Morgan fingerprint density at radius 2 is 1.90 bits per heavy atom. The van der Waals surface area contributed by atoms with Gasteiger partial charge < -0.3 is 26.4 Å². The van der Waals surface area contributed by atoms with Gasteiger partial charge in [-0.25, -0.2) is 0 Å². The van der Waals surface area contributed by atoms with E-state index in [-0.39, 0.29) is 6.61 Å². The zero-order chi connectivity index (χ0) is 7.72. The number of nitrogens with two attached hydrogens (primary N) is 2. The molecule has 0 amide bonds. The summed E-state index contributed by atoms with van der Waals surface area (Å²) in [6.45, 7) is 0.149. The Balaban J connectivity index is 2.52. The molecule has 1 saturated heterocycles. The van der Waals surface area contributed by atoms with E-state index in [9.17, 15) is 0 Å². The van der Waals surface area contributed by atoms with Crippen LogP contribution in [-0.2, 0) is 4.74 Å². The zero-order valence-corrected chi connectivity index (χ0v) is 5.47. The monoisotopic (exact) mass is 148 g/mol.